The molecule has 3 N–H and O–H groups in total. The van der Waals surface area contributed by atoms with Crippen LogP contribution in [0.1, 0.15) is 88.5 Å². The first-order valence-corrected chi connectivity index (χ1v) is 22.7. The molecule has 2 aliphatic heterocycles. The molecule has 0 bridgehead atoms. The summed E-state index contributed by atoms with van der Waals surface area (Å²) in [7, 11) is -8.22. The fourth-order valence-electron chi connectivity index (χ4n) is 8.65. The number of allylic oxidation sites excluding steroid dienone is 8. The molecule has 10 nitrogen and oxygen atoms in total. The van der Waals surface area contributed by atoms with E-state index in [4.69, 9.17) is 0 Å². The maximum atomic E-state index is 11.7. The second-order valence-electron chi connectivity index (χ2n) is 16.2. The average Bonchev–Trinajstić information content (AvgIpc) is 3.49. The number of benzene rings is 3. The van der Waals surface area contributed by atoms with Crippen LogP contribution in [0.15, 0.2) is 114 Å². The molecule has 0 saturated heterocycles. The number of hydrogen-bond donors (Lipinski definition) is 3. The molecule has 0 aromatic heterocycles. The summed E-state index contributed by atoms with van der Waals surface area (Å²) in [6.07, 6.45) is 12.2. The number of aryl methyl sites for hydroxylation is 1. The predicted molar refractivity (Wildman–Crippen MR) is 227 cm³/mol. The van der Waals surface area contributed by atoms with Crippen LogP contribution in [-0.2, 0) is 42.3 Å². The van der Waals surface area contributed by atoms with Crippen molar-refractivity contribution in [1.82, 2.24) is 0 Å². The Morgan fingerprint density at radius 3 is 2.12 bits per heavy atom. The molecule has 3 aliphatic rings. The van der Waals surface area contributed by atoms with Crippen LogP contribution in [0.3, 0.4) is 0 Å². The number of fused-ring (bicyclic) bond motifs is 2. The van der Waals surface area contributed by atoms with Gasteiger partial charge >= 0.3 is 5.97 Å². The molecule has 302 valence electrons. The number of para-hydroxylation sites is 2. The van der Waals surface area contributed by atoms with E-state index in [0.717, 1.165) is 81.0 Å². The van der Waals surface area contributed by atoms with Gasteiger partial charge in [0.25, 0.3) is 20.2 Å². The van der Waals surface area contributed by atoms with Crippen molar-refractivity contribution in [3.05, 3.63) is 136 Å². The molecule has 0 unspecified atom stereocenters. The van der Waals surface area contributed by atoms with Crippen molar-refractivity contribution < 1.29 is 40.4 Å². The molecule has 0 amide bonds. The summed E-state index contributed by atoms with van der Waals surface area (Å²) in [6.45, 7) is 9.51. The Morgan fingerprint density at radius 1 is 0.789 bits per heavy atom. The van der Waals surface area contributed by atoms with Crippen LogP contribution in [0, 0.1) is 0 Å². The first kappa shape index (κ1) is 42.0. The Hall–Kier alpha value is -4.62. The number of rotatable bonds is 15. The molecule has 2 heterocycles. The lowest BCUT2D eigenvalue weighted by molar-refractivity contribution is -0.437. The molecule has 6 rings (SSSR count). The fourth-order valence-corrected chi connectivity index (χ4v) is 9.64. The van der Waals surface area contributed by atoms with Gasteiger partial charge < -0.3 is 10.0 Å². The summed E-state index contributed by atoms with van der Waals surface area (Å²) in [6, 6.07) is 24.4. The number of carbonyl (C=O) groups is 1. The van der Waals surface area contributed by atoms with Crippen molar-refractivity contribution in [3.63, 3.8) is 0 Å². The van der Waals surface area contributed by atoms with Gasteiger partial charge in [-0.1, -0.05) is 86.7 Å². The van der Waals surface area contributed by atoms with Gasteiger partial charge in [0.1, 0.15) is 6.54 Å². The summed E-state index contributed by atoms with van der Waals surface area (Å²) in [5.41, 5.74) is 10.9. The van der Waals surface area contributed by atoms with Gasteiger partial charge in [0, 0.05) is 53.9 Å². The van der Waals surface area contributed by atoms with E-state index in [2.05, 4.69) is 85.7 Å². The molecule has 0 atom stereocenters. The van der Waals surface area contributed by atoms with E-state index in [0.29, 0.717) is 19.5 Å². The lowest BCUT2D eigenvalue weighted by Crippen LogP contribution is -2.28. The number of aliphatic carboxylic acids is 1. The Kier molecular flexibility index (Phi) is 12.3. The number of carboxylic acids is 1. The third kappa shape index (κ3) is 9.58. The summed E-state index contributed by atoms with van der Waals surface area (Å²) in [5.74, 6) is -1.50. The van der Waals surface area contributed by atoms with Crippen LogP contribution in [0.4, 0.5) is 11.4 Å². The van der Waals surface area contributed by atoms with E-state index in [1.165, 1.54) is 0 Å². The molecular formula is C45H53N2O8S2+. The van der Waals surface area contributed by atoms with Crippen molar-refractivity contribution in [2.24, 2.45) is 0 Å². The van der Waals surface area contributed by atoms with Crippen molar-refractivity contribution >= 4 is 48.9 Å². The lowest BCUT2D eigenvalue weighted by atomic mass is 9.79. The standard InChI is InChI=1S/C45H52N2O8S2/c1-44(2)36-14-5-7-16-38(36)46(28-10-30-56(50,51)52)40(44)25-23-33-12-9-13-34(43(33)35-21-18-32(19-22-35)20-27-42(48)49)24-26-41-45(3,4)37-15-6-8-17-39(37)47(41)29-11-31-57(53,54)55/h5-8,14-19,21-26H,9-13,20,27-31H2,1-4H3,(H2-,48,49,50,51,52,53,54,55)/p+1. The number of hydrogen-bond acceptors (Lipinski definition) is 6. The van der Waals surface area contributed by atoms with Gasteiger partial charge in [-0.15, -0.1) is 0 Å². The number of nitrogens with zero attached hydrogens (tertiary/aromatic N) is 2. The van der Waals surface area contributed by atoms with Gasteiger partial charge in [0.05, 0.1) is 16.9 Å². The molecule has 3 aromatic rings. The fraction of sp³-hybridized carbons (Fsp3) is 0.378. The van der Waals surface area contributed by atoms with E-state index in [1.807, 2.05) is 48.5 Å². The molecule has 0 spiro atoms. The third-order valence-electron chi connectivity index (χ3n) is 11.5. The van der Waals surface area contributed by atoms with Crippen LogP contribution in [0.25, 0.3) is 5.57 Å². The Balaban J connectivity index is 1.46. The van der Waals surface area contributed by atoms with Crippen molar-refractivity contribution in [1.29, 1.82) is 0 Å². The minimum Gasteiger partial charge on any atom is -0.481 e. The van der Waals surface area contributed by atoms with Crippen molar-refractivity contribution in [2.45, 2.75) is 83.5 Å². The van der Waals surface area contributed by atoms with Crippen molar-refractivity contribution in [2.75, 3.05) is 29.5 Å². The summed E-state index contributed by atoms with van der Waals surface area (Å²) < 4.78 is 67.7. The van der Waals surface area contributed by atoms with Gasteiger partial charge in [-0.2, -0.15) is 21.4 Å². The number of anilines is 1. The monoisotopic (exact) mass is 813 g/mol. The normalized spacial score (nSPS) is 19.2. The smallest absolute Gasteiger partial charge is 0.303 e. The van der Waals surface area contributed by atoms with E-state index in [9.17, 15) is 35.8 Å². The van der Waals surface area contributed by atoms with E-state index in [1.54, 1.807) is 0 Å². The molecule has 0 radical (unpaired) electrons. The topological polar surface area (TPSA) is 152 Å². The SMILES string of the molecule is CC1(C)C(/C=C/C2=C(c3ccc(CCC(=O)O)cc3)C(=C/C=C3/N(CCCS(=O)(=O)O)c4ccccc4C3(C)C)/CCC2)=[N+](CCCS(=O)(=O)O)c2ccccc21. The summed E-state index contributed by atoms with van der Waals surface area (Å²) in [4.78, 5) is 13.5. The van der Waals surface area contributed by atoms with Crippen LogP contribution < -0.4 is 4.90 Å². The Labute approximate surface area is 337 Å². The van der Waals surface area contributed by atoms with Crippen LogP contribution in [-0.4, -0.2) is 71.9 Å². The highest BCUT2D eigenvalue weighted by atomic mass is 32.2. The van der Waals surface area contributed by atoms with Gasteiger partial charge in [-0.3, -0.25) is 13.9 Å². The zero-order chi connectivity index (χ0) is 41.2. The number of carboxylic acid groups (broad SMARTS) is 1. The minimum absolute atomic E-state index is 0.0468. The van der Waals surface area contributed by atoms with Gasteiger partial charge in [-0.25, -0.2) is 0 Å². The Morgan fingerprint density at radius 2 is 1.44 bits per heavy atom. The molecule has 57 heavy (non-hydrogen) atoms. The highest BCUT2D eigenvalue weighted by Gasteiger charge is 2.44. The van der Waals surface area contributed by atoms with Gasteiger partial charge in [0.2, 0.25) is 5.69 Å². The highest BCUT2D eigenvalue weighted by molar-refractivity contribution is 7.86. The molecule has 1 aliphatic carbocycles. The average molecular weight is 814 g/mol. The van der Waals surface area contributed by atoms with Gasteiger partial charge in [-0.05, 0) is 91.5 Å². The van der Waals surface area contributed by atoms with Gasteiger partial charge in [0.15, 0.2) is 5.71 Å². The second-order valence-corrected chi connectivity index (χ2v) is 19.3. The molecular weight excluding hydrogens is 761 g/mol. The molecule has 0 saturated carbocycles. The van der Waals surface area contributed by atoms with E-state index < -0.39 is 26.2 Å². The lowest BCUT2D eigenvalue weighted by Gasteiger charge is -2.27. The predicted octanol–water partition coefficient (Wildman–Crippen LogP) is 8.44. The molecule has 3 aromatic carbocycles. The maximum absolute atomic E-state index is 11.7. The minimum atomic E-state index is -4.11. The first-order valence-electron chi connectivity index (χ1n) is 19.5. The van der Waals surface area contributed by atoms with Crippen molar-refractivity contribution in [3.8, 4) is 0 Å². The third-order valence-corrected chi connectivity index (χ3v) is 13.1. The molecule has 12 heteroatoms. The molecule has 0 fully saturated rings. The zero-order valence-corrected chi connectivity index (χ0v) is 34.7. The van der Waals surface area contributed by atoms with Crippen LogP contribution in [0.5, 0.6) is 0 Å². The maximum Gasteiger partial charge on any atom is 0.303 e. The first-order chi connectivity index (χ1) is 26.9. The highest BCUT2D eigenvalue weighted by Crippen LogP contribution is 2.48. The van der Waals surface area contributed by atoms with Crippen LogP contribution in [0.2, 0.25) is 0 Å². The summed E-state index contributed by atoms with van der Waals surface area (Å²) in [5, 5.41) is 9.28. The largest absolute Gasteiger partial charge is 0.481 e. The summed E-state index contributed by atoms with van der Waals surface area (Å²) >= 11 is 0. The van der Waals surface area contributed by atoms with Crippen LogP contribution >= 0.6 is 0 Å². The zero-order valence-electron chi connectivity index (χ0n) is 33.1. The Bertz CT molecular complexity index is 2420. The second kappa shape index (κ2) is 16.7. The van der Waals surface area contributed by atoms with E-state index in [-0.39, 0.29) is 41.6 Å². The quantitative estimate of drug-likeness (QED) is 0.101. The van der Waals surface area contributed by atoms with E-state index >= 15 is 0 Å².